The Morgan fingerprint density at radius 2 is 1.93 bits per heavy atom. The van der Waals surface area contributed by atoms with Crippen molar-refractivity contribution in [2.45, 2.75) is 10.4 Å². The molecule has 0 unspecified atom stereocenters. The zero-order chi connectivity index (χ0) is 11.5. The van der Waals surface area contributed by atoms with Crippen molar-refractivity contribution in [1.82, 2.24) is 4.94 Å². The molecular weight excluding hydrogens is 272 g/mol. The van der Waals surface area contributed by atoms with Gasteiger partial charge in [-0.25, -0.2) is 0 Å². The topological polar surface area (TPSA) is 24.1 Å². The second-order valence-electron chi connectivity index (χ2n) is 2.41. The van der Waals surface area contributed by atoms with Crippen molar-refractivity contribution in [2.24, 2.45) is 0 Å². The van der Waals surface area contributed by atoms with E-state index >= 15 is 0 Å². The Hall–Kier alpha value is -0.300. The summed E-state index contributed by atoms with van der Waals surface area (Å²) < 4.78 is 36.0. The summed E-state index contributed by atoms with van der Waals surface area (Å²) in [6.45, 7) is 0. The van der Waals surface area contributed by atoms with E-state index in [1.54, 1.807) is 0 Å². The maximum Gasteiger partial charge on any atom is 0.446 e. The number of alkyl halides is 3. The zero-order valence-electron chi connectivity index (χ0n) is 7.03. The van der Waals surface area contributed by atoms with Crippen molar-refractivity contribution in [3.8, 4) is 0 Å². The quantitative estimate of drug-likeness (QED) is 0.495. The molecule has 0 heterocycles. The second-order valence-corrected chi connectivity index (χ2v) is 4.14. The molecular formula is C7H5Cl2F3N2S. The highest BCUT2D eigenvalue weighted by molar-refractivity contribution is 8.00. The first-order chi connectivity index (χ1) is 6.92. The van der Waals surface area contributed by atoms with Crippen LogP contribution in [0.5, 0.6) is 0 Å². The van der Waals surface area contributed by atoms with Crippen LogP contribution in [0.25, 0.3) is 0 Å². The van der Waals surface area contributed by atoms with E-state index in [1.807, 2.05) is 0 Å². The third-order valence-corrected chi connectivity index (χ3v) is 2.48. The van der Waals surface area contributed by atoms with Gasteiger partial charge in [0.05, 0.1) is 10.7 Å². The normalized spacial score (nSPS) is 11.5. The van der Waals surface area contributed by atoms with Crippen LogP contribution in [0, 0.1) is 0 Å². The number of halogens is 5. The molecule has 0 aliphatic rings. The maximum absolute atomic E-state index is 12.0. The average molecular weight is 277 g/mol. The lowest BCUT2D eigenvalue weighted by molar-refractivity contribution is -0.0328. The first kappa shape index (κ1) is 12.8. The minimum atomic E-state index is -4.32. The minimum Gasteiger partial charge on any atom is -0.306 e. The van der Waals surface area contributed by atoms with E-state index in [1.165, 1.54) is 18.2 Å². The van der Waals surface area contributed by atoms with Crippen molar-refractivity contribution in [2.75, 3.05) is 5.43 Å². The molecule has 2 N–H and O–H groups in total. The Morgan fingerprint density at radius 1 is 1.27 bits per heavy atom. The van der Waals surface area contributed by atoms with E-state index in [2.05, 4.69) is 10.4 Å². The molecule has 0 atom stereocenters. The monoisotopic (exact) mass is 276 g/mol. The van der Waals surface area contributed by atoms with Crippen molar-refractivity contribution in [3.05, 3.63) is 23.2 Å². The van der Waals surface area contributed by atoms with Crippen LogP contribution < -0.4 is 10.4 Å². The van der Waals surface area contributed by atoms with Gasteiger partial charge in [0.25, 0.3) is 0 Å². The number of hydrogen-bond donors (Lipinski definition) is 2. The molecule has 0 bridgehead atoms. The first-order valence-electron chi connectivity index (χ1n) is 3.59. The number of hydrazine groups is 1. The summed E-state index contributed by atoms with van der Waals surface area (Å²) in [6.07, 6.45) is 0. The minimum absolute atomic E-state index is 0.0209. The number of anilines is 1. The van der Waals surface area contributed by atoms with Gasteiger partial charge in [0.2, 0.25) is 0 Å². The molecule has 1 aromatic carbocycles. The molecule has 0 saturated heterocycles. The van der Waals surface area contributed by atoms with Gasteiger partial charge in [-0.1, -0.05) is 11.6 Å². The Morgan fingerprint density at radius 3 is 2.40 bits per heavy atom. The molecule has 8 heteroatoms. The lowest BCUT2D eigenvalue weighted by atomic mass is 10.3. The van der Waals surface area contributed by atoms with Crippen LogP contribution in [0.2, 0.25) is 5.02 Å². The molecule has 1 aromatic rings. The Bertz CT molecular complexity index is 345. The van der Waals surface area contributed by atoms with Gasteiger partial charge in [-0.3, -0.25) is 0 Å². The highest BCUT2D eigenvalue weighted by Crippen LogP contribution is 2.38. The number of thioether (sulfide) groups is 1. The lowest BCUT2D eigenvalue weighted by Crippen LogP contribution is -2.09. The van der Waals surface area contributed by atoms with Crippen molar-refractivity contribution >= 4 is 40.8 Å². The van der Waals surface area contributed by atoms with Crippen LogP contribution in [-0.2, 0) is 0 Å². The molecule has 84 valence electrons. The van der Waals surface area contributed by atoms with Gasteiger partial charge in [-0.2, -0.15) is 13.2 Å². The molecule has 0 aliphatic heterocycles. The van der Waals surface area contributed by atoms with Gasteiger partial charge in [-0.05, 0) is 41.7 Å². The van der Waals surface area contributed by atoms with Crippen LogP contribution in [0.15, 0.2) is 23.1 Å². The van der Waals surface area contributed by atoms with E-state index in [4.69, 9.17) is 23.4 Å². The predicted octanol–water partition coefficient (Wildman–Crippen LogP) is 4.02. The van der Waals surface area contributed by atoms with E-state index in [0.717, 1.165) is 0 Å². The largest absolute Gasteiger partial charge is 0.446 e. The highest BCUT2D eigenvalue weighted by Gasteiger charge is 2.29. The van der Waals surface area contributed by atoms with Gasteiger partial charge in [0.15, 0.2) is 0 Å². The summed E-state index contributed by atoms with van der Waals surface area (Å²) in [5, 5.41) is 0.150. The van der Waals surface area contributed by atoms with E-state index in [0.29, 0.717) is 5.69 Å². The summed E-state index contributed by atoms with van der Waals surface area (Å²) in [4.78, 5) is 2.12. The van der Waals surface area contributed by atoms with Crippen LogP contribution in [0.1, 0.15) is 0 Å². The maximum atomic E-state index is 12.0. The predicted molar refractivity (Wildman–Crippen MR) is 56.0 cm³/mol. The lowest BCUT2D eigenvalue weighted by Gasteiger charge is -2.08. The smallest absolute Gasteiger partial charge is 0.306 e. The fraction of sp³-hybridized carbons (Fsp3) is 0.143. The van der Waals surface area contributed by atoms with Crippen molar-refractivity contribution < 1.29 is 13.2 Å². The highest BCUT2D eigenvalue weighted by atomic mass is 35.5. The van der Waals surface area contributed by atoms with E-state index in [-0.39, 0.29) is 21.7 Å². The molecule has 0 amide bonds. The number of hydrogen-bond acceptors (Lipinski definition) is 3. The zero-order valence-corrected chi connectivity index (χ0v) is 9.36. The summed E-state index contributed by atoms with van der Waals surface area (Å²) >= 11 is 10.6. The van der Waals surface area contributed by atoms with Crippen LogP contribution in [-0.4, -0.2) is 5.51 Å². The van der Waals surface area contributed by atoms with Gasteiger partial charge in [0.1, 0.15) is 0 Å². The average Bonchev–Trinajstić information content (AvgIpc) is 2.07. The molecule has 0 aliphatic carbocycles. The summed E-state index contributed by atoms with van der Waals surface area (Å²) in [7, 11) is 0. The molecule has 0 fully saturated rings. The first-order valence-corrected chi connectivity index (χ1v) is 5.16. The van der Waals surface area contributed by atoms with Crippen LogP contribution in [0.3, 0.4) is 0 Å². The Kier molecular flexibility index (Phi) is 4.39. The fourth-order valence-corrected chi connectivity index (χ4v) is 1.82. The molecule has 1 rings (SSSR count). The summed E-state index contributed by atoms with van der Waals surface area (Å²) in [5.74, 6) is 0. The SMILES string of the molecule is FC(F)(F)Sc1ccc(NNCl)c(Cl)c1. The summed E-state index contributed by atoms with van der Waals surface area (Å²) in [5.41, 5.74) is -1.46. The Balaban J connectivity index is 2.82. The molecule has 15 heavy (non-hydrogen) atoms. The van der Waals surface area contributed by atoms with Gasteiger partial charge in [-0.15, -0.1) is 4.94 Å². The number of nitrogens with one attached hydrogen (secondary N) is 2. The van der Waals surface area contributed by atoms with Crippen molar-refractivity contribution in [1.29, 1.82) is 0 Å². The molecule has 0 spiro atoms. The standard InChI is InChI=1S/C7H5Cl2F3N2S/c8-5-3-4(15-7(10,11)12)1-2-6(5)13-14-9/h1-3,13-14H. The molecule has 0 radical (unpaired) electrons. The molecule has 2 nitrogen and oxygen atoms in total. The third kappa shape index (κ3) is 4.38. The van der Waals surface area contributed by atoms with E-state index in [9.17, 15) is 13.2 Å². The van der Waals surface area contributed by atoms with Gasteiger partial charge in [0, 0.05) is 4.90 Å². The third-order valence-electron chi connectivity index (χ3n) is 1.36. The number of rotatable bonds is 3. The van der Waals surface area contributed by atoms with Gasteiger partial charge < -0.3 is 5.43 Å². The fourth-order valence-electron chi connectivity index (χ4n) is 0.845. The Labute approximate surface area is 98.2 Å². The molecule has 0 aromatic heterocycles. The number of benzene rings is 1. The van der Waals surface area contributed by atoms with E-state index < -0.39 is 5.51 Å². The van der Waals surface area contributed by atoms with Gasteiger partial charge >= 0.3 is 5.51 Å². The van der Waals surface area contributed by atoms with Crippen LogP contribution in [0.4, 0.5) is 18.9 Å². The van der Waals surface area contributed by atoms with Crippen LogP contribution >= 0.6 is 35.1 Å². The molecule has 0 saturated carbocycles. The second kappa shape index (κ2) is 5.16. The van der Waals surface area contributed by atoms with Crippen molar-refractivity contribution in [3.63, 3.8) is 0 Å². The summed E-state index contributed by atoms with van der Waals surface area (Å²) in [6, 6.07) is 3.89.